The van der Waals surface area contributed by atoms with Gasteiger partial charge in [0.2, 0.25) is 0 Å². The predicted octanol–water partition coefficient (Wildman–Crippen LogP) is 2.12. The molecule has 1 atom stereocenters. The fourth-order valence-electron chi connectivity index (χ4n) is 2.52. The Kier molecular flexibility index (Phi) is 5.73. The van der Waals surface area contributed by atoms with Crippen LogP contribution in [0, 0.1) is 5.92 Å². The molecule has 0 radical (unpaired) electrons. The number of nitrogens with one attached hydrogen (secondary N) is 1. The van der Waals surface area contributed by atoms with Gasteiger partial charge in [-0.1, -0.05) is 13.8 Å². The summed E-state index contributed by atoms with van der Waals surface area (Å²) in [5, 5.41) is 3.43. The standard InChI is InChI=1S/C15H25N3O/c1-3-7-19-11-15-17-10-13-8-12(9-16-4-2)5-6-14(13)18-15/h10,12,16H,3-9,11H2,1-2H3. The molecule has 4 nitrogen and oxygen atoms in total. The molecular formula is C15H25N3O. The molecule has 1 heterocycles. The van der Waals surface area contributed by atoms with Crippen LogP contribution in [0.3, 0.4) is 0 Å². The van der Waals surface area contributed by atoms with Gasteiger partial charge >= 0.3 is 0 Å². The Morgan fingerprint density at radius 3 is 3.11 bits per heavy atom. The molecular weight excluding hydrogens is 238 g/mol. The van der Waals surface area contributed by atoms with Crippen molar-refractivity contribution < 1.29 is 4.74 Å². The van der Waals surface area contributed by atoms with Crippen molar-refractivity contribution in [3.8, 4) is 0 Å². The summed E-state index contributed by atoms with van der Waals surface area (Å²) in [7, 11) is 0. The van der Waals surface area contributed by atoms with Crippen LogP contribution in [0.4, 0.5) is 0 Å². The van der Waals surface area contributed by atoms with Crippen LogP contribution in [0.25, 0.3) is 0 Å². The summed E-state index contributed by atoms with van der Waals surface area (Å²) < 4.78 is 5.50. The molecule has 0 spiro atoms. The van der Waals surface area contributed by atoms with Gasteiger partial charge in [-0.3, -0.25) is 0 Å². The molecule has 1 aromatic rings. The highest BCUT2D eigenvalue weighted by molar-refractivity contribution is 5.21. The van der Waals surface area contributed by atoms with E-state index >= 15 is 0 Å². The highest BCUT2D eigenvalue weighted by Gasteiger charge is 2.20. The third-order valence-corrected chi connectivity index (χ3v) is 3.56. The molecule has 0 aliphatic heterocycles. The number of ether oxygens (including phenoxy) is 1. The Labute approximate surface area is 116 Å². The Morgan fingerprint density at radius 2 is 2.32 bits per heavy atom. The molecule has 0 fully saturated rings. The van der Waals surface area contributed by atoms with Crippen molar-refractivity contribution in [1.29, 1.82) is 0 Å². The highest BCUT2D eigenvalue weighted by atomic mass is 16.5. The van der Waals surface area contributed by atoms with Crippen LogP contribution >= 0.6 is 0 Å². The third-order valence-electron chi connectivity index (χ3n) is 3.56. The second-order valence-electron chi connectivity index (χ2n) is 5.23. The zero-order chi connectivity index (χ0) is 13.5. The fourth-order valence-corrected chi connectivity index (χ4v) is 2.52. The van der Waals surface area contributed by atoms with Crippen molar-refractivity contribution in [1.82, 2.24) is 15.3 Å². The Hall–Kier alpha value is -1.00. The van der Waals surface area contributed by atoms with Gasteiger partial charge in [-0.05, 0) is 50.3 Å². The molecule has 1 N–H and O–H groups in total. The highest BCUT2D eigenvalue weighted by Crippen LogP contribution is 2.23. The largest absolute Gasteiger partial charge is 0.373 e. The van der Waals surface area contributed by atoms with Gasteiger partial charge in [0.1, 0.15) is 6.61 Å². The van der Waals surface area contributed by atoms with E-state index in [1.54, 1.807) is 0 Å². The van der Waals surface area contributed by atoms with E-state index in [0.717, 1.165) is 50.7 Å². The van der Waals surface area contributed by atoms with E-state index in [4.69, 9.17) is 4.74 Å². The summed E-state index contributed by atoms with van der Waals surface area (Å²) >= 11 is 0. The van der Waals surface area contributed by atoms with Crippen molar-refractivity contribution >= 4 is 0 Å². The Bertz CT molecular complexity index is 395. The lowest BCUT2D eigenvalue weighted by Gasteiger charge is -2.24. The Morgan fingerprint density at radius 1 is 1.42 bits per heavy atom. The van der Waals surface area contributed by atoms with Gasteiger partial charge in [0.05, 0.1) is 0 Å². The van der Waals surface area contributed by atoms with Crippen LogP contribution in [0.5, 0.6) is 0 Å². The topological polar surface area (TPSA) is 47.0 Å². The molecule has 1 aliphatic rings. The van der Waals surface area contributed by atoms with E-state index in [-0.39, 0.29) is 0 Å². The lowest BCUT2D eigenvalue weighted by molar-refractivity contribution is 0.115. The first-order valence-corrected chi connectivity index (χ1v) is 7.45. The smallest absolute Gasteiger partial charge is 0.154 e. The van der Waals surface area contributed by atoms with Gasteiger partial charge in [0.15, 0.2) is 5.82 Å². The van der Waals surface area contributed by atoms with Crippen molar-refractivity contribution in [2.24, 2.45) is 5.92 Å². The van der Waals surface area contributed by atoms with Crippen LogP contribution in [-0.2, 0) is 24.2 Å². The number of nitrogens with zero attached hydrogens (tertiary/aromatic N) is 2. The Balaban J connectivity index is 1.92. The SMILES string of the molecule is CCCOCc1ncc2c(n1)CCC(CNCC)C2. The fraction of sp³-hybridized carbons (Fsp3) is 0.733. The molecule has 19 heavy (non-hydrogen) atoms. The molecule has 0 saturated heterocycles. The molecule has 2 rings (SSSR count). The van der Waals surface area contributed by atoms with E-state index < -0.39 is 0 Å². The number of aromatic nitrogens is 2. The van der Waals surface area contributed by atoms with Gasteiger partial charge in [0.25, 0.3) is 0 Å². The van der Waals surface area contributed by atoms with Crippen LogP contribution in [-0.4, -0.2) is 29.7 Å². The summed E-state index contributed by atoms with van der Waals surface area (Å²) in [5.74, 6) is 1.57. The predicted molar refractivity (Wildman–Crippen MR) is 76.0 cm³/mol. The summed E-state index contributed by atoms with van der Waals surface area (Å²) in [5.41, 5.74) is 2.56. The molecule has 0 bridgehead atoms. The lowest BCUT2D eigenvalue weighted by Crippen LogP contribution is -2.27. The molecule has 106 valence electrons. The molecule has 0 saturated carbocycles. The van der Waals surface area contributed by atoms with Gasteiger partial charge < -0.3 is 10.1 Å². The first-order chi connectivity index (χ1) is 9.33. The number of fused-ring (bicyclic) bond motifs is 1. The molecule has 1 aliphatic carbocycles. The van der Waals surface area contributed by atoms with E-state index in [2.05, 4.69) is 29.1 Å². The number of hydrogen-bond acceptors (Lipinski definition) is 4. The molecule has 4 heteroatoms. The third kappa shape index (κ3) is 4.25. The number of hydrogen-bond donors (Lipinski definition) is 1. The van der Waals surface area contributed by atoms with Crippen molar-refractivity contribution in [3.05, 3.63) is 23.3 Å². The van der Waals surface area contributed by atoms with Gasteiger partial charge in [0, 0.05) is 18.5 Å². The van der Waals surface area contributed by atoms with Crippen LogP contribution in [0.2, 0.25) is 0 Å². The summed E-state index contributed by atoms with van der Waals surface area (Å²) in [6, 6.07) is 0. The normalized spacial score (nSPS) is 18.3. The molecule has 1 unspecified atom stereocenters. The van der Waals surface area contributed by atoms with E-state index in [0.29, 0.717) is 6.61 Å². The van der Waals surface area contributed by atoms with Crippen LogP contribution in [0.15, 0.2) is 6.20 Å². The second-order valence-corrected chi connectivity index (χ2v) is 5.23. The zero-order valence-corrected chi connectivity index (χ0v) is 12.1. The first kappa shape index (κ1) is 14.4. The minimum atomic E-state index is 0.544. The number of aryl methyl sites for hydroxylation is 1. The maximum Gasteiger partial charge on any atom is 0.154 e. The zero-order valence-electron chi connectivity index (χ0n) is 12.1. The van der Waals surface area contributed by atoms with E-state index in [1.165, 1.54) is 17.7 Å². The molecule has 0 amide bonds. The van der Waals surface area contributed by atoms with Crippen molar-refractivity contribution in [3.63, 3.8) is 0 Å². The monoisotopic (exact) mass is 263 g/mol. The maximum atomic E-state index is 5.50. The number of rotatable bonds is 7. The molecule has 1 aromatic heterocycles. The maximum absolute atomic E-state index is 5.50. The summed E-state index contributed by atoms with van der Waals surface area (Å²) in [6.45, 7) is 7.75. The summed E-state index contributed by atoms with van der Waals surface area (Å²) in [6.07, 6.45) is 6.46. The van der Waals surface area contributed by atoms with Crippen LogP contribution < -0.4 is 5.32 Å². The second kappa shape index (κ2) is 7.56. The van der Waals surface area contributed by atoms with Gasteiger partial charge in [-0.2, -0.15) is 0 Å². The minimum absolute atomic E-state index is 0.544. The lowest BCUT2D eigenvalue weighted by atomic mass is 9.87. The van der Waals surface area contributed by atoms with Crippen molar-refractivity contribution in [2.75, 3.05) is 19.7 Å². The van der Waals surface area contributed by atoms with Crippen molar-refractivity contribution in [2.45, 2.75) is 46.1 Å². The van der Waals surface area contributed by atoms with Gasteiger partial charge in [-0.15, -0.1) is 0 Å². The first-order valence-electron chi connectivity index (χ1n) is 7.45. The summed E-state index contributed by atoms with van der Waals surface area (Å²) in [4.78, 5) is 9.07. The van der Waals surface area contributed by atoms with E-state index in [9.17, 15) is 0 Å². The average Bonchev–Trinajstić information content (AvgIpc) is 2.45. The average molecular weight is 263 g/mol. The van der Waals surface area contributed by atoms with Gasteiger partial charge in [-0.25, -0.2) is 9.97 Å². The minimum Gasteiger partial charge on any atom is -0.373 e. The quantitative estimate of drug-likeness (QED) is 0.765. The van der Waals surface area contributed by atoms with Crippen LogP contribution in [0.1, 0.15) is 43.8 Å². The molecule has 0 aromatic carbocycles. The van der Waals surface area contributed by atoms with E-state index in [1.807, 2.05) is 6.20 Å².